The van der Waals surface area contributed by atoms with Gasteiger partial charge in [0.05, 0.1) is 18.2 Å². The molecule has 4 rings (SSSR count). The van der Waals surface area contributed by atoms with E-state index in [1.807, 2.05) is 31.2 Å². The predicted octanol–water partition coefficient (Wildman–Crippen LogP) is 3.73. The van der Waals surface area contributed by atoms with E-state index in [4.69, 9.17) is 9.78 Å². The summed E-state index contributed by atoms with van der Waals surface area (Å²) in [4.78, 5) is 19.1. The quantitative estimate of drug-likeness (QED) is 0.700. The van der Waals surface area contributed by atoms with Crippen LogP contribution < -0.4 is 5.32 Å². The van der Waals surface area contributed by atoms with E-state index < -0.39 is 0 Å². The van der Waals surface area contributed by atoms with Crippen molar-refractivity contribution in [2.45, 2.75) is 25.7 Å². The van der Waals surface area contributed by atoms with Crippen molar-refractivity contribution in [1.29, 1.82) is 5.26 Å². The Hall–Kier alpha value is -3.50. The second kappa shape index (κ2) is 8.89. The molecule has 1 saturated heterocycles. The molecule has 2 heterocycles. The third-order valence-electron chi connectivity index (χ3n) is 5.32. The maximum Gasteiger partial charge on any atom is 0.238 e. The summed E-state index contributed by atoms with van der Waals surface area (Å²) >= 11 is 0. The number of hydrogen-bond acceptors (Lipinski definition) is 6. The zero-order valence-corrected chi connectivity index (χ0v) is 16.8. The average molecular weight is 401 g/mol. The first-order valence-electron chi connectivity index (χ1n) is 10.0. The van der Waals surface area contributed by atoms with Gasteiger partial charge in [0, 0.05) is 17.2 Å². The Bertz CT molecular complexity index is 1060. The monoisotopic (exact) mass is 401 g/mol. The lowest BCUT2D eigenvalue weighted by atomic mass is 9.97. The first kappa shape index (κ1) is 19.8. The number of hydrogen-bond donors (Lipinski definition) is 1. The van der Waals surface area contributed by atoms with Gasteiger partial charge in [-0.2, -0.15) is 10.2 Å². The normalized spacial score (nSPS) is 14.9. The van der Waals surface area contributed by atoms with Crippen LogP contribution in [0.2, 0.25) is 0 Å². The van der Waals surface area contributed by atoms with Gasteiger partial charge >= 0.3 is 0 Å². The van der Waals surface area contributed by atoms with Gasteiger partial charge in [0.1, 0.15) is 0 Å². The molecular weight excluding hydrogens is 378 g/mol. The summed E-state index contributed by atoms with van der Waals surface area (Å²) in [6.45, 7) is 3.98. The van der Waals surface area contributed by atoms with Crippen LogP contribution in [-0.4, -0.2) is 40.6 Å². The number of amides is 1. The molecule has 3 aromatic rings. The minimum Gasteiger partial charge on any atom is -0.339 e. The van der Waals surface area contributed by atoms with Gasteiger partial charge in [-0.05, 0) is 63.2 Å². The third-order valence-corrected chi connectivity index (χ3v) is 5.32. The lowest BCUT2D eigenvalue weighted by Crippen LogP contribution is -2.38. The molecule has 0 saturated carbocycles. The Morgan fingerprint density at radius 1 is 1.23 bits per heavy atom. The SMILES string of the molecule is Cc1cccc(-c2noc(C3CCN(CC(=O)Nc4ccc(C#N)cc4)CC3)n2)c1. The summed E-state index contributed by atoms with van der Waals surface area (Å²) in [5, 5.41) is 15.9. The molecule has 1 aliphatic heterocycles. The number of piperidine rings is 1. The summed E-state index contributed by atoms with van der Waals surface area (Å²) in [7, 11) is 0. The molecule has 7 nitrogen and oxygen atoms in total. The number of benzene rings is 2. The highest BCUT2D eigenvalue weighted by atomic mass is 16.5. The van der Waals surface area contributed by atoms with Gasteiger partial charge in [-0.15, -0.1) is 0 Å². The fourth-order valence-corrected chi connectivity index (χ4v) is 3.67. The van der Waals surface area contributed by atoms with Crippen LogP contribution in [-0.2, 0) is 4.79 Å². The average Bonchev–Trinajstić information content (AvgIpc) is 3.25. The number of rotatable bonds is 5. The minimum absolute atomic E-state index is 0.0577. The molecule has 1 N–H and O–H groups in total. The van der Waals surface area contributed by atoms with Crippen molar-refractivity contribution in [3.63, 3.8) is 0 Å². The molecule has 0 atom stereocenters. The van der Waals surface area contributed by atoms with Gasteiger partial charge in [0.2, 0.25) is 17.6 Å². The molecular formula is C23H23N5O2. The van der Waals surface area contributed by atoms with E-state index in [1.54, 1.807) is 24.3 Å². The number of aromatic nitrogens is 2. The van der Waals surface area contributed by atoms with E-state index in [9.17, 15) is 4.79 Å². The number of nitrogens with one attached hydrogen (secondary N) is 1. The van der Waals surface area contributed by atoms with Crippen molar-refractivity contribution in [3.8, 4) is 17.5 Å². The van der Waals surface area contributed by atoms with E-state index in [0.717, 1.165) is 37.1 Å². The van der Waals surface area contributed by atoms with E-state index in [0.29, 0.717) is 29.5 Å². The Labute approximate surface area is 175 Å². The molecule has 1 amide bonds. The van der Waals surface area contributed by atoms with Crippen molar-refractivity contribution >= 4 is 11.6 Å². The van der Waals surface area contributed by atoms with Crippen LogP contribution in [0.25, 0.3) is 11.4 Å². The highest BCUT2D eigenvalue weighted by Gasteiger charge is 2.26. The summed E-state index contributed by atoms with van der Waals surface area (Å²) in [5.74, 6) is 1.46. The number of anilines is 1. The van der Waals surface area contributed by atoms with Crippen LogP contribution in [0.3, 0.4) is 0 Å². The second-order valence-electron chi connectivity index (χ2n) is 7.61. The number of aryl methyl sites for hydroxylation is 1. The molecule has 2 aromatic carbocycles. The van der Waals surface area contributed by atoms with Crippen LogP contribution in [0, 0.1) is 18.3 Å². The maximum atomic E-state index is 12.3. The Balaban J connectivity index is 1.28. The molecule has 1 aromatic heterocycles. The van der Waals surface area contributed by atoms with Crippen molar-refractivity contribution in [2.75, 3.05) is 25.0 Å². The van der Waals surface area contributed by atoms with Gasteiger partial charge in [0.15, 0.2) is 0 Å². The first-order chi connectivity index (χ1) is 14.6. The largest absolute Gasteiger partial charge is 0.339 e. The molecule has 1 fully saturated rings. The first-order valence-corrected chi connectivity index (χ1v) is 10.0. The lowest BCUT2D eigenvalue weighted by Gasteiger charge is -2.29. The molecule has 0 spiro atoms. The Morgan fingerprint density at radius 2 is 2.00 bits per heavy atom. The Kier molecular flexibility index (Phi) is 5.87. The molecule has 152 valence electrons. The molecule has 0 radical (unpaired) electrons. The van der Waals surface area contributed by atoms with Crippen molar-refractivity contribution in [2.24, 2.45) is 0 Å². The van der Waals surface area contributed by atoms with Gasteiger partial charge in [-0.25, -0.2) is 0 Å². The highest BCUT2D eigenvalue weighted by Crippen LogP contribution is 2.28. The van der Waals surface area contributed by atoms with Gasteiger partial charge in [-0.3, -0.25) is 9.69 Å². The number of carbonyl (C=O) groups excluding carboxylic acids is 1. The van der Waals surface area contributed by atoms with Crippen molar-refractivity contribution < 1.29 is 9.32 Å². The topological polar surface area (TPSA) is 95.0 Å². The van der Waals surface area contributed by atoms with Gasteiger partial charge < -0.3 is 9.84 Å². The molecule has 0 unspecified atom stereocenters. The maximum absolute atomic E-state index is 12.3. The zero-order valence-electron chi connectivity index (χ0n) is 16.8. The number of nitrogens with zero attached hydrogens (tertiary/aromatic N) is 4. The molecule has 7 heteroatoms. The summed E-state index contributed by atoms with van der Waals surface area (Å²) in [6.07, 6.45) is 1.75. The van der Waals surface area contributed by atoms with E-state index in [2.05, 4.69) is 26.4 Å². The van der Waals surface area contributed by atoms with Crippen LogP contribution in [0.5, 0.6) is 0 Å². The number of likely N-dealkylation sites (tertiary alicyclic amines) is 1. The van der Waals surface area contributed by atoms with E-state index in [-0.39, 0.29) is 11.8 Å². The standard InChI is InChI=1S/C23H23N5O2/c1-16-3-2-4-19(13-16)22-26-23(30-27-22)18-9-11-28(12-10-18)15-21(29)25-20-7-5-17(14-24)6-8-20/h2-8,13,18H,9-12,15H2,1H3,(H,25,29). The summed E-state index contributed by atoms with van der Waals surface area (Å²) in [5.41, 5.74) is 3.39. The smallest absolute Gasteiger partial charge is 0.238 e. The number of carbonyl (C=O) groups is 1. The number of nitriles is 1. The summed E-state index contributed by atoms with van der Waals surface area (Å²) in [6, 6.07) is 17.0. The van der Waals surface area contributed by atoms with E-state index >= 15 is 0 Å². The van der Waals surface area contributed by atoms with Gasteiger partial charge in [0.25, 0.3) is 0 Å². The molecule has 0 bridgehead atoms. The van der Waals surface area contributed by atoms with Crippen LogP contribution in [0.1, 0.15) is 35.8 Å². The fraction of sp³-hybridized carbons (Fsp3) is 0.304. The second-order valence-corrected chi connectivity index (χ2v) is 7.61. The van der Waals surface area contributed by atoms with Crippen LogP contribution in [0.15, 0.2) is 53.1 Å². The predicted molar refractivity (Wildman–Crippen MR) is 113 cm³/mol. The Morgan fingerprint density at radius 3 is 2.70 bits per heavy atom. The van der Waals surface area contributed by atoms with E-state index in [1.165, 1.54) is 0 Å². The molecule has 0 aliphatic carbocycles. The lowest BCUT2D eigenvalue weighted by molar-refractivity contribution is -0.117. The summed E-state index contributed by atoms with van der Waals surface area (Å²) < 4.78 is 5.53. The fourth-order valence-electron chi connectivity index (χ4n) is 3.67. The van der Waals surface area contributed by atoms with Crippen molar-refractivity contribution in [1.82, 2.24) is 15.0 Å². The van der Waals surface area contributed by atoms with Crippen molar-refractivity contribution in [3.05, 3.63) is 65.5 Å². The molecule has 30 heavy (non-hydrogen) atoms. The minimum atomic E-state index is -0.0577. The van der Waals surface area contributed by atoms with Crippen LogP contribution >= 0.6 is 0 Å². The zero-order chi connectivity index (χ0) is 20.9. The third kappa shape index (κ3) is 4.73. The highest BCUT2D eigenvalue weighted by molar-refractivity contribution is 5.92. The van der Waals surface area contributed by atoms with Gasteiger partial charge in [-0.1, -0.05) is 28.9 Å². The molecule has 1 aliphatic rings. The van der Waals surface area contributed by atoms with Crippen LogP contribution in [0.4, 0.5) is 5.69 Å².